The molecule has 31 heteroatoms. The molecule has 0 aliphatic heterocycles. The van der Waals surface area contributed by atoms with E-state index in [9.17, 15) is 58.8 Å². The van der Waals surface area contributed by atoms with Gasteiger partial charge in [-0.15, -0.1) is 45.3 Å². The Balaban J connectivity index is -0.000000947. The molecule has 8 aromatic heterocycles. The van der Waals surface area contributed by atoms with Gasteiger partial charge in [-0.1, -0.05) is 55.4 Å². The van der Waals surface area contributed by atoms with Crippen LogP contribution in [0.2, 0.25) is 0 Å². The third-order valence-electron chi connectivity index (χ3n) is 10.7. The van der Waals surface area contributed by atoms with E-state index in [1.807, 2.05) is 27.7 Å². The second-order valence-electron chi connectivity index (χ2n) is 18.5. The number of hydrogen-bond donors (Lipinski definition) is 4. The molecule has 0 aliphatic carbocycles. The number of fused-ring (bicyclic) bond motifs is 4. The SMILES string of the molecule is Cc1c(CC(C)C)sc2nc(C(=O)[O-])[nH]c(=O)c12.Cc1c(CC(C)C)sc2nc(C(=O)[O-])[nH]c(=O)c12.Cc1c(CC(C)C)sc2nc(C(=O)[O-])[nH]c(=O)c12.Cc1c(CC(C)C)sc2nc(C(=O)[O-])[nH]c(=O)c12.O.O.O.[Na+].[Na+].[Na+].[Na+]. The Hall–Kier alpha value is -2.88. The molecule has 79 heavy (non-hydrogen) atoms. The number of carboxylic acid groups (broad SMARTS) is 4. The molecule has 0 saturated heterocycles. The molecule has 8 aromatic rings. The fourth-order valence-corrected chi connectivity index (χ4v) is 13.0. The summed E-state index contributed by atoms with van der Waals surface area (Å²) in [6.45, 7) is 24.2. The third-order valence-corrected chi connectivity index (χ3v) is 15.6. The van der Waals surface area contributed by atoms with E-state index in [0.29, 0.717) is 64.5 Å². The molecule has 0 aliphatic rings. The van der Waals surface area contributed by atoms with Crippen LogP contribution < -0.4 is 161 Å². The van der Waals surface area contributed by atoms with Gasteiger partial charge < -0.3 is 76.0 Å². The molecule has 10 N–H and O–H groups in total. The first kappa shape index (κ1) is 80.3. The van der Waals surface area contributed by atoms with Crippen molar-refractivity contribution in [2.24, 2.45) is 23.7 Å². The van der Waals surface area contributed by atoms with Gasteiger partial charge in [-0.3, -0.25) is 19.2 Å². The largest absolute Gasteiger partial charge is 1.00 e. The van der Waals surface area contributed by atoms with Crippen LogP contribution in [0.25, 0.3) is 40.9 Å². The summed E-state index contributed by atoms with van der Waals surface area (Å²) in [4.78, 5) is 121. The minimum Gasteiger partial charge on any atom is -0.542 e. The number of aromatic amines is 4. The van der Waals surface area contributed by atoms with Crippen LogP contribution in [0.5, 0.6) is 0 Å². The summed E-state index contributed by atoms with van der Waals surface area (Å²) in [7, 11) is 0. The maximum Gasteiger partial charge on any atom is 1.00 e. The van der Waals surface area contributed by atoms with Crippen LogP contribution >= 0.6 is 45.3 Å². The van der Waals surface area contributed by atoms with Crippen molar-refractivity contribution in [2.45, 2.75) is 109 Å². The molecule has 0 spiro atoms. The van der Waals surface area contributed by atoms with Crippen molar-refractivity contribution in [2.75, 3.05) is 0 Å². The summed E-state index contributed by atoms with van der Waals surface area (Å²) >= 11 is 5.50. The molecule has 0 amide bonds. The molecule has 0 aromatic carbocycles. The van der Waals surface area contributed by atoms with Gasteiger partial charge in [-0.05, 0) is 99.3 Å². The predicted molar refractivity (Wildman–Crippen MR) is 282 cm³/mol. The van der Waals surface area contributed by atoms with Crippen molar-refractivity contribution in [3.63, 3.8) is 0 Å². The number of carboxylic acids is 4. The zero-order valence-corrected chi connectivity index (χ0v) is 58.2. The van der Waals surface area contributed by atoms with Crippen LogP contribution in [-0.4, -0.2) is 80.2 Å². The fourth-order valence-electron chi connectivity index (χ4n) is 7.41. The van der Waals surface area contributed by atoms with Crippen LogP contribution in [0.1, 0.15) is 140 Å². The quantitative estimate of drug-likeness (QED) is 0.0826. The molecule has 0 fully saturated rings. The van der Waals surface area contributed by atoms with Crippen molar-refractivity contribution in [1.29, 1.82) is 0 Å². The molecule has 23 nitrogen and oxygen atoms in total. The Morgan fingerprint density at radius 2 is 0.519 bits per heavy atom. The van der Waals surface area contributed by atoms with Crippen molar-refractivity contribution in [3.05, 3.63) is 106 Å². The molecule has 0 radical (unpaired) electrons. The number of carbonyl (C=O) groups is 4. The zero-order chi connectivity index (χ0) is 53.8. The van der Waals surface area contributed by atoms with E-state index < -0.39 is 69.4 Å². The van der Waals surface area contributed by atoms with Crippen LogP contribution in [0, 0.1) is 51.4 Å². The standard InChI is InChI=1S/4C12H14N2O3S.4Na.3H2O/c4*1-5(2)4-7-6(3)8-10(15)13-9(12(16)17)14-11(8)18-7;;;;;;;/h4*5H,4H2,1-3H3,(H,16,17)(H,13,14,15);;;;;3*1H2/q;;;;4*+1;;;/p-4. The molecule has 0 saturated carbocycles. The maximum atomic E-state index is 11.8. The topological polar surface area (TPSA) is 438 Å². The molecular formula is C48H58N8Na4O15S4. The molecule has 8 heterocycles. The minimum absolute atomic E-state index is 0. The molecule has 408 valence electrons. The van der Waals surface area contributed by atoms with Crippen molar-refractivity contribution >= 4 is 110 Å². The van der Waals surface area contributed by atoms with E-state index in [0.717, 1.165) is 67.4 Å². The number of nitrogens with one attached hydrogen (secondary N) is 4. The average molecular weight is 1210 g/mol. The molecule has 0 unspecified atom stereocenters. The zero-order valence-electron chi connectivity index (χ0n) is 47.0. The summed E-state index contributed by atoms with van der Waals surface area (Å²) in [5, 5.41) is 44.9. The first-order valence-electron chi connectivity index (χ1n) is 22.5. The van der Waals surface area contributed by atoms with Crippen molar-refractivity contribution in [3.8, 4) is 0 Å². The van der Waals surface area contributed by atoms with Crippen LogP contribution in [-0.2, 0) is 25.7 Å². The summed E-state index contributed by atoms with van der Waals surface area (Å²) < 4.78 is 0. The summed E-state index contributed by atoms with van der Waals surface area (Å²) in [5.41, 5.74) is 1.91. The van der Waals surface area contributed by atoms with Crippen LogP contribution in [0.3, 0.4) is 0 Å². The van der Waals surface area contributed by atoms with Gasteiger partial charge in [0.05, 0.1) is 21.5 Å². The Labute approximate surface area is 556 Å². The molecule has 0 atom stereocenters. The average Bonchev–Trinajstić information content (AvgIpc) is 3.97. The Bertz CT molecular complexity index is 3180. The van der Waals surface area contributed by atoms with E-state index in [1.54, 1.807) is 0 Å². The van der Waals surface area contributed by atoms with Gasteiger partial charge in [0.25, 0.3) is 22.2 Å². The number of aryl methyl sites for hydroxylation is 4. The smallest absolute Gasteiger partial charge is 0.542 e. The Kier molecular flexibility index (Phi) is 35.2. The Morgan fingerprint density at radius 1 is 0.367 bits per heavy atom. The van der Waals surface area contributed by atoms with Crippen molar-refractivity contribution in [1.82, 2.24) is 39.9 Å². The van der Waals surface area contributed by atoms with E-state index in [4.69, 9.17) is 0 Å². The maximum absolute atomic E-state index is 11.8. The van der Waals surface area contributed by atoms with E-state index in [2.05, 4.69) is 95.3 Å². The van der Waals surface area contributed by atoms with Gasteiger partial charge >= 0.3 is 118 Å². The number of hydrogen-bond acceptors (Lipinski definition) is 20. The van der Waals surface area contributed by atoms with Crippen LogP contribution in [0.15, 0.2) is 19.2 Å². The number of H-pyrrole nitrogens is 4. The molecule has 8 rings (SSSR count). The fraction of sp³-hybridized carbons (Fsp3) is 0.417. The number of rotatable bonds is 12. The van der Waals surface area contributed by atoms with Gasteiger partial charge in [0.1, 0.15) is 43.2 Å². The summed E-state index contributed by atoms with van der Waals surface area (Å²) in [6.07, 6.45) is 3.42. The first-order valence-corrected chi connectivity index (χ1v) is 25.8. The van der Waals surface area contributed by atoms with Crippen LogP contribution in [0.4, 0.5) is 0 Å². The number of aromatic carboxylic acids is 4. The monoisotopic (exact) mass is 1210 g/mol. The number of carbonyl (C=O) groups excluding carboxylic acids is 4. The second kappa shape index (κ2) is 34.7. The summed E-state index contributed by atoms with van der Waals surface area (Å²) in [6, 6.07) is 0. The van der Waals surface area contributed by atoms with Crippen molar-refractivity contribution < 1.29 is 174 Å². The van der Waals surface area contributed by atoms with Gasteiger partial charge in [0, 0.05) is 19.5 Å². The predicted octanol–water partition coefficient (Wildman–Crippen LogP) is -11.0. The van der Waals surface area contributed by atoms with E-state index >= 15 is 0 Å². The molecular weight excluding hydrogens is 1150 g/mol. The first-order chi connectivity index (χ1) is 33.6. The van der Waals surface area contributed by atoms with E-state index in [1.165, 1.54) is 45.3 Å². The molecule has 0 bridgehead atoms. The number of nitrogens with zero attached hydrogens (tertiary/aromatic N) is 4. The van der Waals surface area contributed by atoms with Gasteiger partial charge in [0.15, 0.2) is 23.3 Å². The number of thiophene rings is 4. The second-order valence-corrected chi connectivity index (χ2v) is 22.9. The summed E-state index contributed by atoms with van der Waals surface area (Å²) in [5.74, 6) is -5.64. The number of aromatic nitrogens is 8. The Morgan fingerprint density at radius 3 is 0.646 bits per heavy atom. The van der Waals surface area contributed by atoms with E-state index in [-0.39, 0.29) is 135 Å². The van der Waals surface area contributed by atoms with Gasteiger partial charge in [-0.25, -0.2) is 19.9 Å². The minimum atomic E-state index is -1.47. The van der Waals surface area contributed by atoms with Gasteiger partial charge in [-0.2, -0.15) is 0 Å². The normalized spacial score (nSPS) is 10.3. The van der Waals surface area contributed by atoms with Gasteiger partial charge in [0.2, 0.25) is 0 Å². The third kappa shape index (κ3) is 20.2.